The van der Waals surface area contributed by atoms with E-state index in [4.69, 9.17) is 4.74 Å². The van der Waals surface area contributed by atoms with Crippen molar-refractivity contribution in [3.63, 3.8) is 0 Å². The van der Waals surface area contributed by atoms with E-state index in [1.165, 1.54) is 0 Å². The highest BCUT2D eigenvalue weighted by Gasteiger charge is 2.22. The molecule has 0 atom stereocenters. The Hall–Kier alpha value is -3.93. The van der Waals surface area contributed by atoms with Crippen LogP contribution in [0.5, 0.6) is 5.75 Å². The van der Waals surface area contributed by atoms with Crippen molar-refractivity contribution >= 4 is 22.8 Å². The summed E-state index contributed by atoms with van der Waals surface area (Å²) in [5.41, 5.74) is 5.32. The van der Waals surface area contributed by atoms with Crippen molar-refractivity contribution < 1.29 is 19.4 Å². The third-order valence-corrected chi connectivity index (χ3v) is 5.77. The fourth-order valence-electron chi connectivity index (χ4n) is 4.17. The van der Waals surface area contributed by atoms with Gasteiger partial charge < -0.3 is 9.84 Å². The second-order valence-electron chi connectivity index (χ2n) is 8.14. The van der Waals surface area contributed by atoms with Crippen LogP contribution >= 0.6 is 0 Å². The lowest BCUT2D eigenvalue weighted by molar-refractivity contribution is -0.136. The van der Waals surface area contributed by atoms with E-state index in [2.05, 4.69) is 4.98 Å². The van der Waals surface area contributed by atoms with Gasteiger partial charge in [-0.3, -0.25) is 19.1 Å². The molecule has 0 bridgehead atoms. The summed E-state index contributed by atoms with van der Waals surface area (Å²) in [5.74, 6) is -0.419. The molecule has 0 aliphatic heterocycles. The number of rotatable bonds is 7. The predicted octanol–water partition coefficient (Wildman–Crippen LogP) is 4.90. The maximum absolute atomic E-state index is 13.5. The van der Waals surface area contributed by atoms with Gasteiger partial charge in [0.15, 0.2) is 0 Å². The molecular formula is C27H26N2O4. The first-order valence-corrected chi connectivity index (χ1v) is 10.9. The zero-order valence-electron chi connectivity index (χ0n) is 19.0. The average Bonchev–Trinajstić information content (AvgIpc) is 3.04. The van der Waals surface area contributed by atoms with Crippen molar-refractivity contribution in [3.8, 4) is 5.75 Å². The lowest BCUT2D eigenvalue weighted by Gasteiger charge is -2.12. The predicted molar refractivity (Wildman–Crippen MR) is 127 cm³/mol. The van der Waals surface area contributed by atoms with E-state index in [0.29, 0.717) is 41.1 Å². The van der Waals surface area contributed by atoms with Crippen molar-refractivity contribution in [2.24, 2.45) is 0 Å². The van der Waals surface area contributed by atoms with Crippen LogP contribution in [0.3, 0.4) is 0 Å². The first-order chi connectivity index (χ1) is 15.8. The Morgan fingerprint density at radius 1 is 1.00 bits per heavy atom. The van der Waals surface area contributed by atoms with E-state index in [1.54, 1.807) is 23.6 Å². The monoisotopic (exact) mass is 442 g/mol. The SMILES string of the molecule is Cc1cccc(CCOc2ccc(C(=O)n3c(C)c(CC(=O)O)c4ccccc43)c(C)c2)n1. The molecule has 6 nitrogen and oxygen atoms in total. The number of carbonyl (C=O) groups is 2. The third kappa shape index (κ3) is 4.65. The summed E-state index contributed by atoms with van der Waals surface area (Å²) in [6, 6.07) is 18.7. The molecule has 0 fully saturated rings. The molecule has 0 saturated heterocycles. The Morgan fingerprint density at radius 2 is 1.79 bits per heavy atom. The van der Waals surface area contributed by atoms with Gasteiger partial charge in [-0.15, -0.1) is 0 Å². The van der Waals surface area contributed by atoms with Crippen molar-refractivity contribution in [1.29, 1.82) is 0 Å². The molecule has 1 N–H and O–H groups in total. The van der Waals surface area contributed by atoms with Gasteiger partial charge in [-0.1, -0.05) is 24.3 Å². The van der Waals surface area contributed by atoms with E-state index in [9.17, 15) is 14.7 Å². The number of carbonyl (C=O) groups excluding carboxylic acids is 1. The maximum atomic E-state index is 13.5. The van der Waals surface area contributed by atoms with Gasteiger partial charge in [0.2, 0.25) is 0 Å². The Balaban J connectivity index is 1.57. The first kappa shape index (κ1) is 22.3. The smallest absolute Gasteiger partial charge is 0.307 e. The van der Waals surface area contributed by atoms with E-state index in [-0.39, 0.29) is 12.3 Å². The zero-order chi connectivity index (χ0) is 23.5. The van der Waals surface area contributed by atoms with E-state index < -0.39 is 5.97 Å². The van der Waals surface area contributed by atoms with Gasteiger partial charge >= 0.3 is 5.97 Å². The highest BCUT2D eigenvalue weighted by Crippen LogP contribution is 2.28. The van der Waals surface area contributed by atoms with Crippen LogP contribution in [0.4, 0.5) is 0 Å². The Kier molecular flexibility index (Phi) is 6.27. The van der Waals surface area contributed by atoms with Gasteiger partial charge in [0.05, 0.1) is 18.5 Å². The molecule has 2 aromatic carbocycles. The number of carboxylic acid groups (broad SMARTS) is 1. The molecule has 33 heavy (non-hydrogen) atoms. The number of ether oxygens (including phenoxy) is 1. The van der Waals surface area contributed by atoms with Crippen LogP contribution in [-0.2, 0) is 17.6 Å². The number of hydrogen-bond donors (Lipinski definition) is 1. The quantitative estimate of drug-likeness (QED) is 0.440. The largest absolute Gasteiger partial charge is 0.493 e. The minimum atomic E-state index is -0.924. The van der Waals surface area contributed by atoms with Gasteiger partial charge in [0.25, 0.3) is 5.91 Å². The van der Waals surface area contributed by atoms with Crippen LogP contribution < -0.4 is 4.74 Å². The summed E-state index contributed by atoms with van der Waals surface area (Å²) < 4.78 is 7.50. The molecule has 4 rings (SSSR count). The zero-order valence-corrected chi connectivity index (χ0v) is 19.0. The number of fused-ring (bicyclic) bond motifs is 1. The molecule has 168 valence electrons. The number of nitrogens with zero attached hydrogens (tertiary/aromatic N) is 2. The van der Waals surface area contributed by atoms with Crippen LogP contribution in [0, 0.1) is 20.8 Å². The van der Waals surface area contributed by atoms with Gasteiger partial charge in [0.1, 0.15) is 5.75 Å². The molecule has 2 aromatic heterocycles. The molecular weight excluding hydrogens is 416 g/mol. The molecule has 6 heteroatoms. The number of aromatic nitrogens is 2. The topological polar surface area (TPSA) is 81.4 Å². The van der Waals surface area contributed by atoms with Crippen molar-refractivity contribution in [2.45, 2.75) is 33.6 Å². The second kappa shape index (κ2) is 9.28. The summed E-state index contributed by atoms with van der Waals surface area (Å²) in [6.45, 7) is 6.12. The molecule has 4 aromatic rings. The second-order valence-corrected chi connectivity index (χ2v) is 8.14. The molecule has 0 amide bonds. The number of para-hydroxylation sites is 1. The Morgan fingerprint density at radius 3 is 2.52 bits per heavy atom. The number of benzene rings is 2. The van der Waals surface area contributed by atoms with Crippen LogP contribution in [0.1, 0.15) is 38.6 Å². The highest BCUT2D eigenvalue weighted by molar-refractivity contribution is 6.05. The maximum Gasteiger partial charge on any atom is 0.307 e. The molecule has 0 radical (unpaired) electrons. The fraction of sp³-hybridized carbons (Fsp3) is 0.222. The summed E-state index contributed by atoms with van der Waals surface area (Å²) in [4.78, 5) is 29.4. The summed E-state index contributed by atoms with van der Waals surface area (Å²) in [5, 5.41) is 10.1. The number of hydrogen-bond acceptors (Lipinski definition) is 4. The van der Waals surface area contributed by atoms with Crippen molar-refractivity contribution in [2.75, 3.05) is 6.61 Å². The molecule has 0 aliphatic carbocycles. The Labute approximate surface area is 192 Å². The molecule has 2 heterocycles. The molecule has 0 spiro atoms. The Bertz CT molecular complexity index is 1350. The molecule has 0 aliphatic rings. The lowest BCUT2D eigenvalue weighted by atomic mass is 10.1. The molecule has 0 unspecified atom stereocenters. The summed E-state index contributed by atoms with van der Waals surface area (Å²) in [6.07, 6.45) is 0.566. The van der Waals surface area contributed by atoms with Gasteiger partial charge in [-0.05, 0) is 68.3 Å². The van der Waals surface area contributed by atoms with Gasteiger partial charge in [-0.2, -0.15) is 0 Å². The number of pyridine rings is 1. The van der Waals surface area contributed by atoms with E-state index in [0.717, 1.165) is 22.3 Å². The minimum Gasteiger partial charge on any atom is -0.493 e. The van der Waals surface area contributed by atoms with Crippen molar-refractivity contribution in [3.05, 3.63) is 94.4 Å². The van der Waals surface area contributed by atoms with Crippen LogP contribution in [0.15, 0.2) is 60.7 Å². The number of aliphatic carboxylic acids is 1. The summed E-state index contributed by atoms with van der Waals surface area (Å²) >= 11 is 0. The van der Waals surface area contributed by atoms with Gasteiger partial charge in [0, 0.05) is 34.5 Å². The van der Waals surface area contributed by atoms with Crippen LogP contribution in [0.2, 0.25) is 0 Å². The third-order valence-electron chi connectivity index (χ3n) is 5.77. The highest BCUT2D eigenvalue weighted by atomic mass is 16.5. The van der Waals surface area contributed by atoms with Gasteiger partial charge in [-0.25, -0.2) is 0 Å². The number of carboxylic acids is 1. The van der Waals surface area contributed by atoms with Crippen molar-refractivity contribution in [1.82, 2.24) is 9.55 Å². The summed E-state index contributed by atoms with van der Waals surface area (Å²) in [7, 11) is 0. The standard InChI is InChI=1S/C27H26N2O4/c1-17-15-21(33-14-13-20-8-6-7-18(2)28-20)11-12-22(17)27(32)29-19(3)24(16-26(30)31)23-9-4-5-10-25(23)29/h4-12,15H,13-14,16H2,1-3H3,(H,30,31). The first-order valence-electron chi connectivity index (χ1n) is 10.9. The van der Waals surface area contributed by atoms with E-state index >= 15 is 0 Å². The normalized spacial score (nSPS) is 11.0. The lowest BCUT2D eigenvalue weighted by Crippen LogP contribution is -2.15. The van der Waals surface area contributed by atoms with E-state index in [1.807, 2.05) is 62.4 Å². The molecule has 0 saturated carbocycles. The minimum absolute atomic E-state index is 0.131. The van der Waals surface area contributed by atoms with Crippen LogP contribution in [0.25, 0.3) is 10.9 Å². The average molecular weight is 443 g/mol. The van der Waals surface area contributed by atoms with Crippen LogP contribution in [-0.4, -0.2) is 33.1 Å². The number of aryl methyl sites for hydroxylation is 2. The fourth-order valence-corrected chi connectivity index (χ4v) is 4.17.